The third-order valence-electron chi connectivity index (χ3n) is 5.34. The maximum atomic E-state index is 12.9. The van der Waals surface area contributed by atoms with Crippen molar-refractivity contribution in [2.75, 3.05) is 12.4 Å². The van der Waals surface area contributed by atoms with Gasteiger partial charge in [0.1, 0.15) is 6.04 Å². The number of nitrogens with zero attached hydrogens (tertiary/aromatic N) is 1. The molecule has 0 bridgehead atoms. The van der Waals surface area contributed by atoms with Gasteiger partial charge < -0.3 is 10.6 Å². The van der Waals surface area contributed by atoms with Crippen LogP contribution < -0.4 is 16.0 Å². The lowest BCUT2D eigenvalue weighted by Gasteiger charge is -2.27. The summed E-state index contributed by atoms with van der Waals surface area (Å²) in [6, 6.07) is 12.2. The first-order valence-electron chi connectivity index (χ1n) is 9.80. The molecule has 2 aromatic carbocycles. The van der Waals surface area contributed by atoms with Gasteiger partial charge in [0.15, 0.2) is 0 Å². The number of imide groups is 2. The summed E-state index contributed by atoms with van der Waals surface area (Å²) in [5.41, 5.74) is 3.54. The number of benzene rings is 2. The van der Waals surface area contributed by atoms with Crippen molar-refractivity contribution < 1.29 is 19.2 Å². The number of carbonyl (C=O) groups excluding carboxylic acids is 4. The molecule has 2 aliphatic heterocycles. The van der Waals surface area contributed by atoms with Gasteiger partial charge in [-0.3, -0.25) is 29.4 Å². The molecule has 8 heteroatoms. The Hall–Kier alpha value is -3.52. The molecule has 0 aromatic heterocycles. The molecule has 2 aromatic rings. The first-order chi connectivity index (χ1) is 14.5. The van der Waals surface area contributed by atoms with Crippen LogP contribution in [0.2, 0.25) is 0 Å². The van der Waals surface area contributed by atoms with Crippen LogP contribution in [0.4, 0.5) is 5.69 Å². The second kappa shape index (κ2) is 8.08. The van der Waals surface area contributed by atoms with Crippen LogP contribution in [0.3, 0.4) is 0 Å². The largest absolute Gasteiger partial charge is 0.381 e. The number of anilines is 1. The lowest BCUT2D eigenvalue weighted by Crippen LogP contribution is -2.54. The maximum Gasteiger partial charge on any atom is 0.262 e. The summed E-state index contributed by atoms with van der Waals surface area (Å²) < 4.78 is 0. The van der Waals surface area contributed by atoms with E-state index in [0.29, 0.717) is 6.54 Å². The van der Waals surface area contributed by atoms with Crippen molar-refractivity contribution in [3.63, 3.8) is 0 Å². The van der Waals surface area contributed by atoms with Crippen molar-refractivity contribution >= 4 is 29.3 Å². The molecule has 154 valence electrons. The predicted octanol–water partition coefficient (Wildman–Crippen LogP) is 1.42. The zero-order valence-electron chi connectivity index (χ0n) is 16.5. The van der Waals surface area contributed by atoms with Crippen LogP contribution in [0.15, 0.2) is 42.5 Å². The first kappa shape index (κ1) is 19.8. The van der Waals surface area contributed by atoms with E-state index < -0.39 is 23.8 Å². The number of hydrogen-bond acceptors (Lipinski definition) is 6. The Morgan fingerprint density at radius 1 is 0.933 bits per heavy atom. The number of fused-ring (bicyclic) bond motifs is 1. The molecule has 2 heterocycles. The molecular formula is C22H22N4O4. The number of piperidine rings is 1. The molecule has 30 heavy (non-hydrogen) atoms. The highest BCUT2D eigenvalue weighted by molar-refractivity contribution is 6.23. The van der Waals surface area contributed by atoms with E-state index in [2.05, 4.69) is 16.0 Å². The van der Waals surface area contributed by atoms with Crippen LogP contribution in [-0.2, 0) is 22.7 Å². The lowest BCUT2D eigenvalue weighted by molar-refractivity contribution is -0.136. The van der Waals surface area contributed by atoms with Gasteiger partial charge >= 0.3 is 0 Å². The van der Waals surface area contributed by atoms with E-state index in [9.17, 15) is 19.2 Å². The van der Waals surface area contributed by atoms with E-state index in [1.807, 2.05) is 31.3 Å². The fourth-order valence-electron chi connectivity index (χ4n) is 3.78. The third-order valence-corrected chi connectivity index (χ3v) is 5.34. The minimum absolute atomic E-state index is 0.103. The molecule has 8 nitrogen and oxygen atoms in total. The van der Waals surface area contributed by atoms with Gasteiger partial charge in [-0.25, -0.2) is 0 Å². The SMILES string of the molecule is CNCc1ccc(NCc2ccc3c(c2)C(=O)N(C2CCC(=O)NC2=O)C3=O)cc1. The van der Waals surface area contributed by atoms with Crippen molar-refractivity contribution in [2.24, 2.45) is 0 Å². The third kappa shape index (κ3) is 3.69. The van der Waals surface area contributed by atoms with Crippen LogP contribution in [0.25, 0.3) is 0 Å². The van der Waals surface area contributed by atoms with Gasteiger partial charge in [0.05, 0.1) is 11.1 Å². The molecule has 1 saturated heterocycles. The molecule has 3 N–H and O–H groups in total. The molecule has 4 amide bonds. The number of nitrogens with one attached hydrogen (secondary N) is 3. The molecule has 2 aliphatic rings. The molecular weight excluding hydrogens is 384 g/mol. The Morgan fingerprint density at radius 3 is 2.33 bits per heavy atom. The summed E-state index contributed by atoms with van der Waals surface area (Å²) in [4.78, 5) is 50.1. The molecule has 1 fully saturated rings. The highest BCUT2D eigenvalue weighted by Gasteiger charge is 2.44. The van der Waals surface area contributed by atoms with Crippen molar-refractivity contribution in [3.8, 4) is 0 Å². The van der Waals surface area contributed by atoms with Crippen molar-refractivity contribution in [2.45, 2.75) is 32.0 Å². The van der Waals surface area contributed by atoms with E-state index in [0.717, 1.165) is 22.7 Å². The summed E-state index contributed by atoms with van der Waals surface area (Å²) >= 11 is 0. The standard InChI is InChI=1S/C22H22N4O4/c1-23-11-13-2-5-15(6-3-13)24-12-14-4-7-16-17(10-14)22(30)26(21(16)29)18-8-9-19(27)25-20(18)28/h2-7,10,18,23-24H,8-9,11-12H2,1H3,(H,25,27,28). The van der Waals surface area contributed by atoms with Crippen LogP contribution in [0.5, 0.6) is 0 Å². The molecule has 1 unspecified atom stereocenters. The van der Waals surface area contributed by atoms with Gasteiger partial charge in [-0.15, -0.1) is 0 Å². The van der Waals surface area contributed by atoms with Gasteiger partial charge in [0.25, 0.3) is 11.8 Å². The second-order valence-electron chi connectivity index (χ2n) is 7.41. The maximum absolute atomic E-state index is 12.9. The fourth-order valence-corrected chi connectivity index (χ4v) is 3.78. The Balaban J connectivity index is 1.48. The van der Waals surface area contributed by atoms with E-state index in [4.69, 9.17) is 0 Å². The highest BCUT2D eigenvalue weighted by atomic mass is 16.2. The fraction of sp³-hybridized carbons (Fsp3) is 0.273. The van der Waals surface area contributed by atoms with Crippen LogP contribution in [0, 0.1) is 0 Å². The summed E-state index contributed by atoms with van der Waals surface area (Å²) in [6.45, 7) is 1.28. The second-order valence-corrected chi connectivity index (χ2v) is 7.41. The van der Waals surface area contributed by atoms with Gasteiger partial charge in [0, 0.05) is 25.2 Å². The summed E-state index contributed by atoms with van der Waals surface area (Å²) in [6.07, 6.45) is 0.250. The molecule has 0 saturated carbocycles. The normalized spacial score (nSPS) is 18.4. The van der Waals surface area contributed by atoms with Gasteiger partial charge in [-0.05, 0) is 48.9 Å². The van der Waals surface area contributed by atoms with Crippen LogP contribution >= 0.6 is 0 Å². The average Bonchev–Trinajstić information content (AvgIpc) is 2.98. The number of rotatable bonds is 6. The van der Waals surface area contributed by atoms with Gasteiger partial charge in [0.2, 0.25) is 11.8 Å². The number of hydrogen-bond donors (Lipinski definition) is 3. The Bertz CT molecular complexity index is 1030. The zero-order chi connectivity index (χ0) is 21.3. The van der Waals surface area contributed by atoms with Crippen molar-refractivity contribution in [3.05, 3.63) is 64.7 Å². The molecule has 4 rings (SSSR count). The minimum atomic E-state index is -0.951. The lowest BCUT2D eigenvalue weighted by atomic mass is 10.0. The zero-order valence-corrected chi connectivity index (χ0v) is 16.5. The van der Waals surface area contributed by atoms with E-state index in [1.165, 1.54) is 5.56 Å². The van der Waals surface area contributed by atoms with Crippen molar-refractivity contribution in [1.29, 1.82) is 0 Å². The number of carbonyl (C=O) groups is 4. The molecule has 0 spiro atoms. The van der Waals surface area contributed by atoms with E-state index >= 15 is 0 Å². The molecule has 1 atom stereocenters. The van der Waals surface area contributed by atoms with Crippen LogP contribution in [0.1, 0.15) is 44.7 Å². The molecule has 0 aliphatic carbocycles. The van der Waals surface area contributed by atoms with Gasteiger partial charge in [-0.2, -0.15) is 0 Å². The monoisotopic (exact) mass is 406 g/mol. The Kier molecular flexibility index (Phi) is 5.33. The Morgan fingerprint density at radius 2 is 1.63 bits per heavy atom. The Labute approximate surface area is 173 Å². The average molecular weight is 406 g/mol. The minimum Gasteiger partial charge on any atom is -0.381 e. The van der Waals surface area contributed by atoms with E-state index in [1.54, 1.807) is 18.2 Å². The summed E-state index contributed by atoms with van der Waals surface area (Å²) in [5.74, 6) is -1.99. The van der Waals surface area contributed by atoms with E-state index in [-0.39, 0.29) is 29.9 Å². The molecule has 0 radical (unpaired) electrons. The highest BCUT2D eigenvalue weighted by Crippen LogP contribution is 2.28. The quantitative estimate of drug-likeness (QED) is 0.627. The first-order valence-corrected chi connectivity index (χ1v) is 9.80. The van der Waals surface area contributed by atoms with Crippen molar-refractivity contribution in [1.82, 2.24) is 15.5 Å². The predicted molar refractivity (Wildman–Crippen MR) is 110 cm³/mol. The topological polar surface area (TPSA) is 108 Å². The summed E-state index contributed by atoms with van der Waals surface area (Å²) in [5, 5.41) is 8.60. The number of amides is 4. The smallest absolute Gasteiger partial charge is 0.262 e. The summed E-state index contributed by atoms with van der Waals surface area (Å²) in [7, 11) is 1.90. The van der Waals surface area contributed by atoms with Crippen LogP contribution in [-0.4, -0.2) is 41.6 Å². The van der Waals surface area contributed by atoms with Gasteiger partial charge in [-0.1, -0.05) is 18.2 Å².